The molecule has 0 aromatic heterocycles. The number of nitrogens with zero attached hydrogens (tertiary/aromatic N) is 3. The zero-order valence-electron chi connectivity index (χ0n) is 65.5. The van der Waals surface area contributed by atoms with Crippen molar-refractivity contribution in [2.75, 3.05) is 220 Å². The number of aliphatic hydroxyl groups excluding tert-OH is 9. The first-order chi connectivity index (χ1) is 55.5. The highest BCUT2D eigenvalue weighted by Crippen LogP contribution is 2.30. The summed E-state index contributed by atoms with van der Waals surface area (Å²) in [7, 11) is 7.46. The number of hydrogen-bond donors (Lipinski definition) is 15. The van der Waals surface area contributed by atoms with Crippen LogP contribution < -0.4 is 10.6 Å². The number of carbonyl (C=O) groups is 9. The summed E-state index contributed by atoms with van der Waals surface area (Å²) in [5.41, 5.74) is 0. The van der Waals surface area contributed by atoms with E-state index < -0.39 is 123 Å². The predicted octanol–water partition coefficient (Wildman–Crippen LogP) is -1.88. The third-order valence-electron chi connectivity index (χ3n) is 15.8. The van der Waals surface area contributed by atoms with E-state index in [-0.39, 0.29) is 89.1 Å². The van der Waals surface area contributed by atoms with E-state index >= 15 is 0 Å². The van der Waals surface area contributed by atoms with Crippen LogP contribution in [-0.2, 0) is 105 Å². The number of carbonyl (C=O) groups excluding carboxylic acids is 6. The van der Waals surface area contributed by atoms with E-state index in [9.17, 15) is 84.0 Å². The molecule has 0 saturated carbocycles. The normalized spacial score (nSPS) is 20.7. The van der Waals surface area contributed by atoms with Crippen molar-refractivity contribution in [2.24, 2.45) is 0 Å². The molecule has 44 heteroatoms. The summed E-state index contributed by atoms with van der Waals surface area (Å²) in [6.07, 6.45) is -1.42. The number of hydrogen-bond acceptors (Lipinski definition) is 37. The molecule has 0 bridgehead atoms. The SMILES string of the molecule is CCCOCCOCCCSSCCCOCCOCCOCC(=O)NCCN1C(=O)C=CC1=O.O=C(O)CN(CC(=O)O)C(CCCCNC(=O)CCN1C(=O)C=CC1=O)C(=O)O.OCC1OC(OC2C(CO)OC(OCCCCCS)C(O)C2O)C(O)C(O)C1O.OCCOCCOCCCSSCCCOCCOCCO. The van der Waals surface area contributed by atoms with Crippen LogP contribution in [0.2, 0.25) is 0 Å². The molecule has 6 amide bonds. The van der Waals surface area contributed by atoms with Gasteiger partial charge in [-0.2, -0.15) is 12.6 Å². The molecule has 11 atom stereocenters. The van der Waals surface area contributed by atoms with Crippen molar-refractivity contribution in [3.8, 4) is 0 Å². The topological polar surface area (TPSA) is 550 Å². The van der Waals surface area contributed by atoms with Gasteiger partial charge in [0.05, 0.1) is 119 Å². The van der Waals surface area contributed by atoms with Crippen molar-refractivity contribution >= 4 is 109 Å². The largest absolute Gasteiger partial charge is 0.480 e. The second-order valence-electron chi connectivity index (χ2n) is 25.1. The average molecular weight is 1750 g/mol. The Morgan fingerprint density at radius 2 is 0.896 bits per heavy atom. The van der Waals surface area contributed by atoms with Crippen LogP contribution in [0.25, 0.3) is 0 Å². The van der Waals surface area contributed by atoms with E-state index in [1.54, 1.807) is 0 Å². The number of rotatable bonds is 68. The van der Waals surface area contributed by atoms with Gasteiger partial charge in [0, 0.05) is 120 Å². The lowest BCUT2D eigenvalue weighted by Crippen LogP contribution is -2.64. The molecule has 0 aromatic carbocycles. The van der Waals surface area contributed by atoms with E-state index in [2.05, 4.69) is 30.2 Å². The molecular formula is C71H125N5O34S5. The van der Waals surface area contributed by atoms with Crippen LogP contribution in [-0.4, -0.2) is 417 Å². The van der Waals surface area contributed by atoms with Crippen LogP contribution >= 0.6 is 55.8 Å². The van der Waals surface area contributed by atoms with Gasteiger partial charge in [-0.1, -0.05) is 56.5 Å². The standard InChI is InChI=1S/C23H40N2O8S2.C17H23N3O9.C17H32O11S.C14H30O6S2/c1-2-9-29-12-13-30-10-3-18-34-35-19-4-11-31-14-15-32-16-17-33-20-21(26)24-7-8-25-22(27)5-6-23(25)28;21-12(6-8-20-13(22)4-5-14(20)23)18-7-2-1-3-11(17(28)29)19(9-15(24)25)10-16(26)27;18-6-8-10(20)11(21)13(23)17(26-8)28-15-9(7-19)27-16(14(24)12(15)22)25-4-2-1-3-5-29;15-3-7-19-11-9-17-5-1-13-21-22-14-2-6-18-10-12-20-8-4-16/h5-6H,2-4,7-20H2,1H3,(H,24,26);4-5,11H,1-3,6-10H2,(H,18,21)(H,24,25)(H,26,27)(H,28,29);8-24,29H,1-7H2;15-16H,1-14H2. The van der Waals surface area contributed by atoms with Crippen molar-refractivity contribution in [2.45, 2.75) is 151 Å². The van der Waals surface area contributed by atoms with Crippen molar-refractivity contribution in [1.82, 2.24) is 25.3 Å². The minimum atomic E-state index is -1.70. The summed E-state index contributed by atoms with van der Waals surface area (Å²) >= 11 is 4.12. The maximum absolute atomic E-state index is 11.8. The molecule has 0 aromatic rings. The third kappa shape index (κ3) is 54.1. The van der Waals surface area contributed by atoms with Crippen LogP contribution in [0.15, 0.2) is 24.3 Å². The molecule has 668 valence electrons. The van der Waals surface area contributed by atoms with E-state index in [4.69, 9.17) is 82.0 Å². The summed E-state index contributed by atoms with van der Waals surface area (Å²) in [5, 5.41) is 119. The minimum Gasteiger partial charge on any atom is -0.480 e. The Morgan fingerprint density at radius 1 is 0.470 bits per heavy atom. The Bertz CT molecular complexity index is 2570. The summed E-state index contributed by atoms with van der Waals surface area (Å²) < 4.78 is 69.7. The fraction of sp³-hybridized carbons (Fsp3) is 0.817. The molecule has 0 spiro atoms. The average Bonchev–Trinajstić information content (AvgIpc) is 1.53. The van der Waals surface area contributed by atoms with Gasteiger partial charge in [0.2, 0.25) is 11.8 Å². The fourth-order valence-corrected chi connectivity index (χ4v) is 14.4. The monoisotopic (exact) mass is 1750 g/mol. The summed E-state index contributed by atoms with van der Waals surface area (Å²) in [6, 6.07) is -1.28. The third-order valence-corrected chi connectivity index (χ3v) is 21.3. The number of amides is 6. The first kappa shape index (κ1) is 109. The highest BCUT2D eigenvalue weighted by Gasteiger charge is 2.51. The van der Waals surface area contributed by atoms with Crippen molar-refractivity contribution < 1.29 is 166 Å². The zero-order chi connectivity index (χ0) is 85.1. The lowest BCUT2D eigenvalue weighted by Gasteiger charge is -2.45. The first-order valence-corrected chi connectivity index (χ1v) is 43.9. The Labute approximate surface area is 692 Å². The number of ether oxygens (including phenoxy) is 13. The molecule has 39 nitrogen and oxygen atoms in total. The van der Waals surface area contributed by atoms with Crippen LogP contribution in [0.5, 0.6) is 0 Å². The molecule has 14 N–H and O–H groups in total. The van der Waals surface area contributed by atoms with Crippen molar-refractivity contribution in [3.63, 3.8) is 0 Å². The fourth-order valence-electron chi connectivity index (χ4n) is 9.98. The number of unbranched alkanes of at least 4 members (excludes halogenated alkanes) is 3. The molecule has 2 fully saturated rings. The molecule has 4 rings (SSSR count). The number of aliphatic carboxylic acids is 3. The van der Waals surface area contributed by atoms with Crippen molar-refractivity contribution in [1.29, 1.82) is 0 Å². The predicted molar refractivity (Wildman–Crippen MR) is 425 cm³/mol. The van der Waals surface area contributed by atoms with E-state index in [1.807, 2.05) is 43.2 Å². The van der Waals surface area contributed by atoms with Gasteiger partial charge in [0.1, 0.15) is 61.5 Å². The molecule has 115 heavy (non-hydrogen) atoms. The maximum Gasteiger partial charge on any atom is 0.320 e. The van der Waals surface area contributed by atoms with Gasteiger partial charge in [-0.05, 0) is 70.0 Å². The number of carboxylic acids is 3. The van der Waals surface area contributed by atoms with Gasteiger partial charge >= 0.3 is 17.9 Å². The van der Waals surface area contributed by atoms with E-state index in [1.165, 1.54) is 12.2 Å². The number of nitrogens with one attached hydrogen (secondary N) is 2. The molecule has 4 heterocycles. The number of imide groups is 2. The van der Waals surface area contributed by atoms with Gasteiger partial charge < -0.3 is 133 Å². The highest BCUT2D eigenvalue weighted by molar-refractivity contribution is 8.77. The summed E-state index contributed by atoms with van der Waals surface area (Å²) in [5.74, 6) is -1.33. The molecule has 4 aliphatic heterocycles. The van der Waals surface area contributed by atoms with Gasteiger partial charge in [-0.15, -0.1) is 0 Å². The molecule has 11 unspecified atom stereocenters. The number of carboxylic acid groups (broad SMARTS) is 3. The van der Waals surface area contributed by atoms with Gasteiger partial charge in [-0.3, -0.25) is 57.9 Å². The van der Waals surface area contributed by atoms with Gasteiger partial charge in [0.25, 0.3) is 23.6 Å². The first-order valence-electron chi connectivity index (χ1n) is 38.3. The second-order valence-corrected chi connectivity index (χ2v) is 30.9. The van der Waals surface area contributed by atoms with Crippen molar-refractivity contribution in [3.05, 3.63) is 24.3 Å². The van der Waals surface area contributed by atoms with Crippen LogP contribution in [0, 0.1) is 0 Å². The summed E-state index contributed by atoms with van der Waals surface area (Å²) in [4.78, 5) is 105. The lowest BCUT2D eigenvalue weighted by molar-refractivity contribution is -0.359. The van der Waals surface area contributed by atoms with Gasteiger partial charge in [0.15, 0.2) is 12.6 Å². The molecule has 4 aliphatic rings. The second kappa shape index (κ2) is 72.7. The Hall–Kier alpha value is -4.06. The maximum atomic E-state index is 11.8. The van der Waals surface area contributed by atoms with Crippen LogP contribution in [0.1, 0.15) is 84.0 Å². The van der Waals surface area contributed by atoms with Gasteiger partial charge in [-0.25, -0.2) is 0 Å². The highest BCUT2D eigenvalue weighted by atomic mass is 33.1. The van der Waals surface area contributed by atoms with E-state index in [0.29, 0.717) is 105 Å². The molecule has 0 aliphatic carbocycles. The smallest absolute Gasteiger partial charge is 0.320 e. The Morgan fingerprint density at radius 3 is 1.34 bits per heavy atom. The Kier molecular flexibility index (Phi) is 68.9. The zero-order valence-corrected chi connectivity index (χ0v) is 69.6. The number of aliphatic hydroxyl groups is 9. The molecule has 0 radical (unpaired) electrons. The summed E-state index contributed by atoms with van der Waals surface area (Å²) in [6.45, 7) is 10.1. The number of thiol groups is 1. The Balaban J connectivity index is 0.000000776. The lowest BCUT2D eigenvalue weighted by atomic mass is 9.97. The molecule has 2 saturated heterocycles. The van der Waals surface area contributed by atoms with Crippen LogP contribution in [0.4, 0.5) is 0 Å². The van der Waals surface area contributed by atoms with Crippen LogP contribution in [0.3, 0.4) is 0 Å². The van der Waals surface area contributed by atoms with E-state index in [0.717, 1.165) is 127 Å². The minimum absolute atomic E-state index is 0.00815. The quantitative estimate of drug-likeness (QED) is 0.0137. The molecular weight excluding hydrogens is 1630 g/mol.